The van der Waals surface area contributed by atoms with Crippen molar-refractivity contribution in [1.82, 2.24) is 4.90 Å². The third kappa shape index (κ3) is 5.32. The van der Waals surface area contributed by atoms with E-state index in [9.17, 15) is 9.90 Å². The van der Waals surface area contributed by atoms with E-state index in [1.807, 2.05) is 37.3 Å². The number of fused-ring (bicyclic) bond motifs is 1. The molecular formula is C24H33NO7. The fraction of sp³-hybridized carbons (Fsp3) is 0.542. The number of para-hydroxylation sites is 1. The second kappa shape index (κ2) is 11.5. The molecule has 3 atom stereocenters. The molecule has 1 aliphatic heterocycles. The van der Waals surface area contributed by atoms with Crippen LogP contribution in [0.3, 0.4) is 0 Å². The second-order valence-corrected chi connectivity index (χ2v) is 7.80. The summed E-state index contributed by atoms with van der Waals surface area (Å²) < 4.78 is 28.2. The molecule has 2 heterocycles. The van der Waals surface area contributed by atoms with Crippen molar-refractivity contribution in [1.29, 1.82) is 0 Å². The predicted octanol–water partition coefficient (Wildman–Crippen LogP) is 3.26. The molecule has 1 N–H and O–H groups in total. The van der Waals surface area contributed by atoms with Gasteiger partial charge in [0.25, 0.3) is 5.91 Å². The Bertz CT molecular complexity index is 905. The lowest BCUT2D eigenvalue weighted by Gasteiger charge is -2.37. The number of allylic oxidation sites excluding steroid dienone is 1. The average molecular weight is 448 g/mol. The van der Waals surface area contributed by atoms with Gasteiger partial charge in [-0.05, 0) is 31.9 Å². The van der Waals surface area contributed by atoms with Crippen LogP contribution in [0.2, 0.25) is 0 Å². The largest absolute Gasteiger partial charge is 0.464 e. The SMILES string of the molecule is CCO[C@@H]1OC(C(=O)N(C)CC(OC)OC)=C[C@H](c2coc3ccccc23)[C@H]1CCCO. The first-order valence-electron chi connectivity index (χ1n) is 10.9. The second-order valence-electron chi connectivity index (χ2n) is 7.80. The molecule has 0 radical (unpaired) electrons. The molecule has 0 spiro atoms. The van der Waals surface area contributed by atoms with E-state index in [0.717, 1.165) is 16.5 Å². The summed E-state index contributed by atoms with van der Waals surface area (Å²) >= 11 is 0. The number of hydrogen-bond acceptors (Lipinski definition) is 7. The Morgan fingerprint density at radius 3 is 2.69 bits per heavy atom. The lowest BCUT2D eigenvalue weighted by atomic mass is 9.80. The van der Waals surface area contributed by atoms with Crippen LogP contribution in [0.15, 0.2) is 46.8 Å². The first-order chi connectivity index (χ1) is 15.5. The van der Waals surface area contributed by atoms with Gasteiger partial charge in [-0.15, -0.1) is 0 Å². The van der Waals surface area contributed by atoms with Crippen molar-refractivity contribution in [3.05, 3.63) is 47.9 Å². The van der Waals surface area contributed by atoms with Crippen LogP contribution >= 0.6 is 0 Å². The summed E-state index contributed by atoms with van der Waals surface area (Å²) in [4.78, 5) is 14.7. The van der Waals surface area contributed by atoms with Crippen molar-refractivity contribution in [2.45, 2.75) is 38.3 Å². The minimum Gasteiger partial charge on any atom is -0.464 e. The molecule has 0 unspecified atom stereocenters. The maximum Gasteiger partial charge on any atom is 0.288 e. The summed E-state index contributed by atoms with van der Waals surface area (Å²) in [6, 6.07) is 7.81. The van der Waals surface area contributed by atoms with Crippen LogP contribution in [0.25, 0.3) is 11.0 Å². The standard InChI is InChI=1S/C24H33NO7/c1-5-30-24-17(10-8-12-26)18(19-15-31-20-11-7-6-9-16(19)20)13-21(32-24)23(27)25(2)14-22(28-3)29-4/h6-7,9,11,13,15,17-18,22,24,26H,5,8,10,12,14H2,1-4H3/t17-,18+,24-/m1/s1. The smallest absolute Gasteiger partial charge is 0.288 e. The van der Waals surface area contributed by atoms with Crippen LogP contribution in [0, 0.1) is 5.92 Å². The number of furan rings is 1. The van der Waals surface area contributed by atoms with Gasteiger partial charge in [0, 0.05) is 57.3 Å². The highest BCUT2D eigenvalue weighted by molar-refractivity contribution is 5.92. The Kier molecular flexibility index (Phi) is 8.69. The molecule has 0 aliphatic carbocycles. The summed E-state index contributed by atoms with van der Waals surface area (Å²) in [5.41, 5.74) is 1.75. The fourth-order valence-electron chi connectivity index (χ4n) is 4.11. The summed E-state index contributed by atoms with van der Waals surface area (Å²) in [5.74, 6) is -0.334. The van der Waals surface area contributed by atoms with Crippen LogP contribution in [-0.4, -0.2) is 69.5 Å². The molecule has 8 nitrogen and oxygen atoms in total. The number of nitrogens with zero attached hydrogens (tertiary/aromatic N) is 1. The van der Waals surface area contributed by atoms with E-state index in [-0.39, 0.29) is 36.7 Å². The van der Waals surface area contributed by atoms with Crippen molar-refractivity contribution in [3.63, 3.8) is 0 Å². The molecule has 0 saturated heterocycles. The number of benzene rings is 1. The first kappa shape index (κ1) is 24.3. The molecule has 8 heteroatoms. The zero-order valence-electron chi connectivity index (χ0n) is 19.2. The van der Waals surface area contributed by atoms with Crippen molar-refractivity contribution in [3.8, 4) is 0 Å². The number of carbonyl (C=O) groups is 1. The summed E-state index contributed by atoms with van der Waals surface area (Å²) in [7, 11) is 4.73. The zero-order chi connectivity index (χ0) is 23.1. The van der Waals surface area contributed by atoms with Crippen LogP contribution < -0.4 is 0 Å². The van der Waals surface area contributed by atoms with Gasteiger partial charge in [-0.3, -0.25) is 4.79 Å². The number of likely N-dealkylation sites (N-methyl/N-ethyl adjacent to an activating group) is 1. The van der Waals surface area contributed by atoms with Crippen molar-refractivity contribution < 1.29 is 33.3 Å². The van der Waals surface area contributed by atoms with Crippen LogP contribution in [0.4, 0.5) is 0 Å². The van der Waals surface area contributed by atoms with Gasteiger partial charge in [0.2, 0.25) is 6.29 Å². The maximum atomic E-state index is 13.2. The van der Waals surface area contributed by atoms with Gasteiger partial charge in [0.15, 0.2) is 12.0 Å². The van der Waals surface area contributed by atoms with E-state index in [2.05, 4.69) is 0 Å². The Hall–Kier alpha value is -2.39. The molecule has 1 aromatic carbocycles. The maximum absolute atomic E-state index is 13.2. The normalized spacial score (nSPS) is 20.9. The van der Waals surface area contributed by atoms with Gasteiger partial charge in [0.1, 0.15) is 5.58 Å². The number of amides is 1. The fourth-order valence-corrected chi connectivity index (χ4v) is 4.11. The molecule has 3 rings (SSSR count). The number of methoxy groups -OCH3 is 2. The lowest BCUT2D eigenvalue weighted by molar-refractivity contribution is -0.172. The van der Waals surface area contributed by atoms with Crippen molar-refractivity contribution in [2.75, 3.05) is 41.0 Å². The van der Waals surface area contributed by atoms with E-state index in [1.165, 1.54) is 19.1 Å². The van der Waals surface area contributed by atoms with Gasteiger partial charge in [-0.2, -0.15) is 0 Å². The minimum absolute atomic E-state index is 0.0713. The Morgan fingerprint density at radius 2 is 2.00 bits per heavy atom. The molecule has 1 aliphatic rings. The average Bonchev–Trinajstić information content (AvgIpc) is 3.24. The number of rotatable bonds is 11. The molecule has 2 aromatic rings. The lowest BCUT2D eigenvalue weighted by Crippen LogP contribution is -2.41. The molecule has 1 aromatic heterocycles. The van der Waals surface area contributed by atoms with E-state index >= 15 is 0 Å². The number of aliphatic hydroxyl groups is 1. The first-order valence-corrected chi connectivity index (χ1v) is 10.9. The monoisotopic (exact) mass is 447 g/mol. The summed E-state index contributed by atoms with van der Waals surface area (Å²) in [5, 5.41) is 10.4. The van der Waals surface area contributed by atoms with E-state index in [1.54, 1.807) is 13.3 Å². The molecule has 32 heavy (non-hydrogen) atoms. The van der Waals surface area contributed by atoms with Gasteiger partial charge >= 0.3 is 0 Å². The summed E-state index contributed by atoms with van der Waals surface area (Å²) in [6.07, 6.45) is 3.70. The van der Waals surface area contributed by atoms with E-state index in [0.29, 0.717) is 19.4 Å². The van der Waals surface area contributed by atoms with Crippen molar-refractivity contribution in [2.24, 2.45) is 5.92 Å². The van der Waals surface area contributed by atoms with Gasteiger partial charge in [-0.1, -0.05) is 18.2 Å². The van der Waals surface area contributed by atoms with E-state index < -0.39 is 12.6 Å². The van der Waals surface area contributed by atoms with Crippen LogP contribution in [0.5, 0.6) is 0 Å². The number of hydrogen-bond donors (Lipinski definition) is 1. The molecular weight excluding hydrogens is 414 g/mol. The molecule has 176 valence electrons. The third-order valence-corrected chi connectivity index (χ3v) is 5.79. The van der Waals surface area contributed by atoms with Gasteiger partial charge in [0.05, 0.1) is 12.8 Å². The molecule has 1 amide bonds. The van der Waals surface area contributed by atoms with E-state index in [4.69, 9.17) is 23.4 Å². The molecule has 0 bridgehead atoms. The number of carbonyl (C=O) groups excluding carboxylic acids is 1. The predicted molar refractivity (Wildman–Crippen MR) is 119 cm³/mol. The molecule has 0 fully saturated rings. The van der Waals surface area contributed by atoms with Gasteiger partial charge in [-0.25, -0.2) is 0 Å². The quantitative estimate of drug-likeness (QED) is 0.529. The highest BCUT2D eigenvalue weighted by Crippen LogP contribution is 2.42. The highest BCUT2D eigenvalue weighted by Gasteiger charge is 2.39. The topological polar surface area (TPSA) is 90.6 Å². The highest BCUT2D eigenvalue weighted by atomic mass is 16.7. The number of aliphatic hydroxyl groups excluding tert-OH is 1. The minimum atomic E-state index is -0.622. The summed E-state index contributed by atoms with van der Waals surface area (Å²) in [6.45, 7) is 2.65. The Balaban J connectivity index is 1.99. The Morgan fingerprint density at radius 1 is 1.25 bits per heavy atom. The number of ether oxygens (including phenoxy) is 4. The van der Waals surface area contributed by atoms with Crippen LogP contribution in [0.1, 0.15) is 31.2 Å². The molecule has 0 saturated carbocycles. The van der Waals surface area contributed by atoms with Gasteiger partial charge < -0.3 is 33.4 Å². The Labute approximate surface area is 188 Å². The third-order valence-electron chi connectivity index (χ3n) is 5.79. The van der Waals surface area contributed by atoms with Crippen LogP contribution in [-0.2, 0) is 23.7 Å². The zero-order valence-corrected chi connectivity index (χ0v) is 19.2. The van der Waals surface area contributed by atoms with Crippen molar-refractivity contribution >= 4 is 16.9 Å².